The van der Waals surface area contributed by atoms with E-state index in [-0.39, 0.29) is 35.4 Å². The highest BCUT2D eigenvalue weighted by Crippen LogP contribution is 2.48. The van der Waals surface area contributed by atoms with Gasteiger partial charge in [-0.1, -0.05) is 37.7 Å². The molecule has 4 nitrogen and oxygen atoms in total. The lowest BCUT2D eigenvalue weighted by atomic mass is 9.56. The van der Waals surface area contributed by atoms with E-state index >= 15 is 0 Å². The molecule has 4 atom stereocenters. The lowest BCUT2D eigenvalue weighted by molar-refractivity contribution is -0.131. The second-order valence-corrected chi connectivity index (χ2v) is 8.71. The van der Waals surface area contributed by atoms with Crippen LogP contribution in [-0.4, -0.2) is 29.8 Å². The normalized spacial score (nSPS) is 35.5. The molecule has 0 aromatic carbocycles. The SMILES string of the molecule is CC1=C2[C@@H](CCC3CCCCC3)OB(O)C[C@@H]2[C@@H]2C(=O)C=CC(=O)[C@@H]2C1. The lowest BCUT2D eigenvalue weighted by Crippen LogP contribution is -2.49. The molecule has 0 amide bonds. The van der Waals surface area contributed by atoms with E-state index in [9.17, 15) is 14.6 Å². The van der Waals surface area contributed by atoms with Gasteiger partial charge in [-0.3, -0.25) is 9.59 Å². The molecule has 140 valence electrons. The van der Waals surface area contributed by atoms with Crippen LogP contribution in [0.2, 0.25) is 6.32 Å². The van der Waals surface area contributed by atoms with E-state index in [1.54, 1.807) is 0 Å². The molecule has 1 saturated heterocycles. The van der Waals surface area contributed by atoms with Crippen molar-refractivity contribution in [2.75, 3.05) is 0 Å². The zero-order valence-electron chi connectivity index (χ0n) is 15.7. The molecule has 3 aliphatic carbocycles. The highest BCUT2D eigenvalue weighted by atomic mass is 16.5. The summed E-state index contributed by atoms with van der Waals surface area (Å²) < 4.78 is 5.94. The first kappa shape index (κ1) is 18.2. The molecule has 4 rings (SSSR count). The van der Waals surface area contributed by atoms with Crippen molar-refractivity contribution in [1.29, 1.82) is 0 Å². The van der Waals surface area contributed by atoms with Crippen LogP contribution in [0.3, 0.4) is 0 Å². The molecule has 4 aliphatic rings. The molecule has 1 N–H and O–H groups in total. The molecule has 1 aliphatic heterocycles. The van der Waals surface area contributed by atoms with E-state index in [1.165, 1.54) is 55.4 Å². The fraction of sp³-hybridized carbons (Fsp3) is 0.714. The highest BCUT2D eigenvalue weighted by molar-refractivity contribution is 6.43. The summed E-state index contributed by atoms with van der Waals surface area (Å²) in [5.41, 5.74) is 2.41. The summed E-state index contributed by atoms with van der Waals surface area (Å²) in [4.78, 5) is 24.9. The Kier molecular flexibility index (Phi) is 5.20. The Hall–Kier alpha value is -1.20. The predicted octanol–water partition coefficient (Wildman–Crippen LogP) is 3.50. The second-order valence-electron chi connectivity index (χ2n) is 8.71. The predicted molar refractivity (Wildman–Crippen MR) is 100 cm³/mol. The van der Waals surface area contributed by atoms with Crippen molar-refractivity contribution in [3.05, 3.63) is 23.3 Å². The van der Waals surface area contributed by atoms with Crippen molar-refractivity contribution >= 4 is 18.7 Å². The number of ketones is 2. The van der Waals surface area contributed by atoms with Gasteiger partial charge in [-0.25, -0.2) is 0 Å². The van der Waals surface area contributed by atoms with E-state index in [0.29, 0.717) is 12.7 Å². The van der Waals surface area contributed by atoms with Crippen molar-refractivity contribution in [2.45, 2.75) is 70.7 Å². The average molecular weight is 356 g/mol. The molecule has 1 heterocycles. The molecule has 0 unspecified atom stereocenters. The number of carbonyl (C=O) groups is 2. The van der Waals surface area contributed by atoms with E-state index in [0.717, 1.165) is 18.8 Å². The lowest BCUT2D eigenvalue weighted by Gasteiger charge is -2.46. The summed E-state index contributed by atoms with van der Waals surface area (Å²) in [5.74, 6) is 0.281. The first-order valence-electron chi connectivity index (χ1n) is 10.3. The van der Waals surface area contributed by atoms with E-state index in [2.05, 4.69) is 6.92 Å². The molecule has 0 bridgehead atoms. The summed E-state index contributed by atoms with van der Waals surface area (Å²) in [6.07, 6.45) is 12.5. The summed E-state index contributed by atoms with van der Waals surface area (Å²) >= 11 is 0. The minimum Gasteiger partial charge on any atom is -0.427 e. The van der Waals surface area contributed by atoms with Crippen LogP contribution in [0.5, 0.6) is 0 Å². The van der Waals surface area contributed by atoms with Gasteiger partial charge in [0, 0.05) is 11.8 Å². The van der Waals surface area contributed by atoms with Crippen LogP contribution in [0.15, 0.2) is 23.3 Å². The Morgan fingerprint density at radius 2 is 1.81 bits per heavy atom. The van der Waals surface area contributed by atoms with Crippen LogP contribution >= 0.6 is 0 Å². The summed E-state index contributed by atoms with van der Waals surface area (Å²) in [7, 11) is -0.833. The molecule has 5 heteroatoms. The second kappa shape index (κ2) is 7.44. The van der Waals surface area contributed by atoms with Gasteiger partial charge in [0.15, 0.2) is 11.6 Å². The molecular formula is C21H29BO4. The number of hydrogen-bond acceptors (Lipinski definition) is 4. The third-order valence-electron chi connectivity index (χ3n) is 7.08. The number of allylic oxidation sites excluding steroid dienone is 3. The van der Waals surface area contributed by atoms with E-state index < -0.39 is 7.12 Å². The Balaban J connectivity index is 1.56. The van der Waals surface area contributed by atoms with Crippen LogP contribution in [-0.2, 0) is 14.2 Å². The van der Waals surface area contributed by atoms with Gasteiger partial charge < -0.3 is 9.68 Å². The third kappa shape index (κ3) is 3.36. The first-order chi connectivity index (χ1) is 12.5. The largest absolute Gasteiger partial charge is 0.455 e. The Bertz CT molecular complexity index is 646. The topological polar surface area (TPSA) is 63.6 Å². The standard InChI is InChI=1S/C21H29BO4/c1-13-11-15-17(23)8-9-18(24)21(15)16-12-22(25)26-19(20(13)16)10-7-14-5-3-2-4-6-14/h8-9,14-16,19,21,25H,2-7,10-12H2,1H3/t15-,16-,19+,21+/m0/s1. The van der Waals surface area contributed by atoms with Gasteiger partial charge in [-0.15, -0.1) is 0 Å². The van der Waals surface area contributed by atoms with Crippen molar-refractivity contribution < 1.29 is 19.3 Å². The van der Waals surface area contributed by atoms with Crippen LogP contribution in [0.25, 0.3) is 0 Å². The molecule has 2 fully saturated rings. The van der Waals surface area contributed by atoms with Gasteiger partial charge in [0.25, 0.3) is 0 Å². The maximum atomic E-state index is 12.6. The fourth-order valence-corrected chi connectivity index (χ4v) is 5.85. The van der Waals surface area contributed by atoms with Crippen LogP contribution in [0.4, 0.5) is 0 Å². The fourth-order valence-electron chi connectivity index (χ4n) is 5.85. The zero-order chi connectivity index (χ0) is 18.3. The monoisotopic (exact) mass is 356 g/mol. The smallest absolute Gasteiger partial charge is 0.427 e. The minimum absolute atomic E-state index is 0.0460. The van der Waals surface area contributed by atoms with Gasteiger partial charge in [-0.05, 0) is 62.1 Å². The minimum atomic E-state index is -0.833. The molecule has 0 aromatic heterocycles. The van der Waals surface area contributed by atoms with E-state index in [4.69, 9.17) is 4.65 Å². The van der Waals surface area contributed by atoms with E-state index in [1.807, 2.05) is 0 Å². The molecule has 0 radical (unpaired) electrons. The Morgan fingerprint density at radius 1 is 1.08 bits per heavy atom. The van der Waals surface area contributed by atoms with Gasteiger partial charge in [0.1, 0.15) is 0 Å². The Labute approximate surface area is 156 Å². The summed E-state index contributed by atoms with van der Waals surface area (Å²) in [5, 5.41) is 10.3. The Morgan fingerprint density at radius 3 is 2.58 bits per heavy atom. The van der Waals surface area contributed by atoms with Crippen LogP contribution in [0, 0.1) is 23.7 Å². The highest BCUT2D eigenvalue weighted by Gasteiger charge is 2.50. The first-order valence-corrected chi connectivity index (χ1v) is 10.3. The molecule has 26 heavy (non-hydrogen) atoms. The molecule has 0 aromatic rings. The van der Waals surface area contributed by atoms with Crippen molar-refractivity contribution in [3.8, 4) is 0 Å². The molecular weight excluding hydrogens is 327 g/mol. The number of rotatable bonds is 3. The van der Waals surface area contributed by atoms with Crippen LogP contribution in [0.1, 0.15) is 58.3 Å². The zero-order valence-corrected chi connectivity index (χ0v) is 15.7. The van der Waals surface area contributed by atoms with Crippen molar-refractivity contribution in [2.24, 2.45) is 23.7 Å². The van der Waals surface area contributed by atoms with Crippen molar-refractivity contribution in [1.82, 2.24) is 0 Å². The number of hydrogen-bond donors (Lipinski definition) is 1. The van der Waals surface area contributed by atoms with Gasteiger partial charge in [-0.2, -0.15) is 0 Å². The maximum Gasteiger partial charge on any atom is 0.455 e. The molecule has 0 spiro atoms. The summed E-state index contributed by atoms with van der Waals surface area (Å²) in [6.45, 7) is 2.09. The quantitative estimate of drug-likeness (QED) is 0.621. The van der Waals surface area contributed by atoms with Gasteiger partial charge >= 0.3 is 7.12 Å². The number of fused-ring (bicyclic) bond motifs is 3. The van der Waals surface area contributed by atoms with Gasteiger partial charge in [0.05, 0.1) is 6.10 Å². The average Bonchev–Trinajstić information content (AvgIpc) is 2.63. The molecule has 1 saturated carbocycles. The van der Waals surface area contributed by atoms with Crippen LogP contribution < -0.4 is 0 Å². The third-order valence-corrected chi connectivity index (χ3v) is 7.08. The number of carbonyl (C=O) groups excluding carboxylic acids is 2. The van der Waals surface area contributed by atoms with Gasteiger partial charge in [0.2, 0.25) is 0 Å². The van der Waals surface area contributed by atoms with Crippen molar-refractivity contribution in [3.63, 3.8) is 0 Å². The maximum absolute atomic E-state index is 12.6. The summed E-state index contributed by atoms with van der Waals surface area (Å²) in [6, 6.07) is 0.